The Bertz CT molecular complexity index is 464. The van der Waals surface area contributed by atoms with E-state index >= 15 is 0 Å². The van der Waals surface area contributed by atoms with Crippen molar-refractivity contribution in [2.75, 3.05) is 0 Å². The summed E-state index contributed by atoms with van der Waals surface area (Å²) >= 11 is 3.38. The molecule has 18 heavy (non-hydrogen) atoms. The average molecular weight is 310 g/mol. The minimum absolute atomic E-state index is 0.198. The Morgan fingerprint density at radius 1 is 1.39 bits per heavy atom. The van der Waals surface area contributed by atoms with Crippen molar-refractivity contribution in [3.05, 3.63) is 40.4 Å². The molecule has 0 radical (unpaired) electrons. The Labute approximate surface area is 115 Å². The molecule has 1 rings (SSSR count). The molecule has 0 atom stereocenters. The first-order chi connectivity index (χ1) is 8.49. The fourth-order valence-corrected chi connectivity index (χ4v) is 1.50. The molecule has 0 aliphatic rings. The normalized spacial score (nSPS) is 12.1. The summed E-state index contributed by atoms with van der Waals surface area (Å²) in [6, 6.07) is 7.24. The number of urea groups is 1. The molecule has 0 heterocycles. The predicted octanol–water partition coefficient (Wildman–Crippen LogP) is 3.14. The number of allylic oxidation sites excluding steroid dienone is 1. The van der Waals surface area contributed by atoms with E-state index in [9.17, 15) is 4.79 Å². The van der Waals surface area contributed by atoms with E-state index in [0.29, 0.717) is 0 Å². The fraction of sp³-hybridized carbons (Fsp3) is 0.231. The van der Waals surface area contributed by atoms with Gasteiger partial charge in [-0.05, 0) is 29.7 Å². The van der Waals surface area contributed by atoms with E-state index in [2.05, 4.69) is 26.5 Å². The summed E-state index contributed by atoms with van der Waals surface area (Å²) in [5.41, 5.74) is 9.04. The predicted molar refractivity (Wildman–Crippen MR) is 78.2 cm³/mol. The molecule has 0 bridgehead atoms. The van der Waals surface area contributed by atoms with E-state index in [1.54, 1.807) is 0 Å². The Kier molecular flexibility index (Phi) is 5.58. The Hall–Kier alpha value is -1.62. The second-order valence-electron chi connectivity index (χ2n) is 4.05. The van der Waals surface area contributed by atoms with Crippen molar-refractivity contribution in [2.45, 2.75) is 13.8 Å². The Morgan fingerprint density at radius 3 is 2.50 bits per heavy atom. The lowest BCUT2D eigenvalue weighted by atomic mass is 10.1. The lowest BCUT2D eigenvalue weighted by molar-refractivity contribution is 0.249. The van der Waals surface area contributed by atoms with Crippen LogP contribution in [0.2, 0.25) is 0 Å². The Balaban J connectivity index is 2.80. The van der Waals surface area contributed by atoms with Crippen molar-refractivity contribution >= 4 is 33.7 Å². The van der Waals surface area contributed by atoms with E-state index < -0.39 is 6.03 Å². The molecule has 0 aliphatic heterocycles. The second-order valence-corrected chi connectivity index (χ2v) is 4.97. The number of hydrogen-bond donors (Lipinski definition) is 2. The van der Waals surface area contributed by atoms with Crippen LogP contribution in [0.4, 0.5) is 4.79 Å². The van der Waals surface area contributed by atoms with E-state index in [-0.39, 0.29) is 5.92 Å². The van der Waals surface area contributed by atoms with Crippen LogP contribution in [0.25, 0.3) is 6.08 Å². The number of nitrogens with one attached hydrogen (secondary N) is 1. The van der Waals surface area contributed by atoms with Crippen LogP contribution < -0.4 is 11.2 Å². The third-order valence-corrected chi connectivity index (χ3v) is 2.73. The average Bonchev–Trinajstić information content (AvgIpc) is 2.30. The van der Waals surface area contributed by atoms with E-state index in [4.69, 9.17) is 5.73 Å². The fourth-order valence-electron chi connectivity index (χ4n) is 1.23. The van der Waals surface area contributed by atoms with Crippen LogP contribution >= 0.6 is 15.9 Å². The monoisotopic (exact) mass is 309 g/mol. The standard InChI is InChI=1S/C13H16BrN3O/c1-9(2)12(16-17-13(15)18)8-5-10-3-6-11(14)7-4-10/h3-9H,1-2H3,(H3,15,17,18)/b8-5-,16-12-. The first-order valence-electron chi connectivity index (χ1n) is 5.55. The van der Waals surface area contributed by atoms with E-state index in [0.717, 1.165) is 15.7 Å². The van der Waals surface area contributed by atoms with Crippen molar-refractivity contribution in [1.82, 2.24) is 5.43 Å². The number of nitrogens with zero attached hydrogens (tertiary/aromatic N) is 1. The summed E-state index contributed by atoms with van der Waals surface area (Å²) in [6.07, 6.45) is 3.80. The molecule has 0 fully saturated rings. The summed E-state index contributed by atoms with van der Waals surface area (Å²) in [5, 5.41) is 3.95. The summed E-state index contributed by atoms with van der Waals surface area (Å²) in [4.78, 5) is 10.6. The lowest BCUT2D eigenvalue weighted by Gasteiger charge is -2.05. The molecule has 3 N–H and O–H groups in total. The van der Waals surface area contributed by atoms with Crippen LogP contribution in [-0.2, 0) is 0 Å². The van der Waals surface area contributed by atoms with Crippen molar-refractivity contribution < 1.29 is 4.79 Å². The maximum Gasteiger partial charge on any atom is 0.332 e. The molecule has 96 valence electrons. The van der Waals surface area contributed by atoms with Crippen LogP contribution in [0, 0.1) is 5.92 Å². The number of rotatable bonds is 4. The topological polar surface area (TPSA) is 67.5 Å². The zero-order valence-corrected chi connectivity index (χ0v) is 11.9. The van der Waals surface area contributed by atoms with Gasteiger partial charge in [0.1, 0.15) is 0 Å². The molecule has 0 saturated heterocycles. The molecular weight excluding hydrogens is 294 g/mol. The molecule has 0 unspecified atom stereocenters. The second kappa shape index (κ2) is 6.96. The number of primary amides is 1. The van der Waals surface area contributed by atoms with Gasteiger partial charge in [0.2, 0.25) is 0 Å². The van der Waals surface area contributed by atoms with Crippen molar-refractivity contribution in [2.24, 2.45) is 16.8 Å². The summed E-state index contributed by atoms with van der Waals surface area (Å²) in [6.45, 7) is 3.99. The molecule has 0 aromatic heterocycles. The van der Waals surface area contributed by atoms with Gasteiger partial charge in [-0.15, -0.1) is 0 Å². The van der Waals surface area contributed by atoms with Crippen LogP contribution in [0.3, 0.4) is 0 Å². The zero-order chi connectivity index (χ0) is 13.5. The van der Waals surface area contributed by atoms with E-state index in [1.807, 2.05) is 50.3 Å². The number of amides is 2. The van der Waals surface area contributed by atoms with Gasteiger partial charge in [-0.1, -0.05) is 48.0 Å². The summed E-state index contributed by atoms with van der Waals surface area (Å²) in [5.74, 6) is 0.198. The number of hydrogen-bond acceptors (Lipinski definition) is 2. The molecule has 0 spiro atoms. The molecule has 0 saturated carbocycles. The molecule has 1 aromatic rings. The molecule has 5 heteroatoms. The van der Waals surface area contributed by atoms with Crippen molar-refractivity contribution in [3.8, 4) is 0 Å². The van der Waals surface area contributed by atoms with Crippen LogP contribution in [0.1, 0.15) is 19.4 Å². The molecular formula is C13H16BrN3O. The van der Waals surface area contributed by atoms with Gasteiger partial charge in [-0.3, -0.25) is 0 Å². The SMILES string of the molecule is CC(C)C(/C=C\c1ccc(Br)cc1)=N\NC(N)=O. The van der Waals surface area contributed by atoms with Crippen molar-refractivity contribution in [1.29, 1.82) is 0 Å². The van der Waals surface area contributed by atoms with Gasteiger partial charge in [-0.2, -0.15) is 5.10 Å². The smallest absolute Gasteiger partial charge is 0.332 e. The first-order valence-corrected chi connectivity index (χ1v) is 6.35. The van der Waals surface area contributed by atoms with Gasteiger partial charge in [0.25, 0.3) is 0 Å². The highest BCUT2D eigenvalue weighted by Gasteiger charge is 2.01. The summed E-state index contributed by atoms with van der Waals surface area (Å²) in [7, 11) is 0. The number of halogens is 1. The summed E-state index contributed by atoms with van der Waals surface area (Å²) < 4.78 is 1.03. The highest BCUT2D eigenvalue weighted by atomic mass is 79.9. The third kappa shape index (κ3) is 5.14. The van der Waals surface area contributed by atoms with Crippen LogP contribution in [0.15, 0.2) is 39.9 Å². The maximum atomic E-state index is 10.6. The van der Waals surface area contributed by atoms with Gasteiger partial charge in [0.15, 0.2) is 0 Å². The van der Waals surface area contributed by atoms with E-state index in [1.165, 1.54) is 0 Å². The highest BCUT2D eigenvalue weighted by molar-refractivity contribution is 9.10. The minimum atomic E-state index is -0.662. The van der Waals surface area contributed by atoms with Crippen LogP contribution in [0.5, 0.6) is 0 Å². The van der Waals surface area contributed by atoms with Gasteiger partial charge < -0.3 is 5.73 Å². The first kappa shape index (κ1) is 14.4. The minimum Gasteiger partial charge on any atom is -0.350 e. The number of nitrogens with two attached hydrogens (primary N) is 1. The zero-order valence-electron chi connectivity index (χ0n) is 10.4. The van der Waals surface area contributed by atoms with Gasteiger partial charge in [0.05, 0.1) is 5.71 Å². The molecule has 1 aromatic carbocycles. The third-order valence-electron chi connectivity index (χ3n) is 2.20. The maximum absolute atomic E-state index is 10.6. The van der Waals surface area contributed by atoms with Crippen LogP contribution in [-0.4, -0.2) is 11.7 Å². The Morgan fingerprint density at radius 2 is 2.00 bits per heavy atom. The highest BCUT2D eigenvalue weighted by Crippen LogP contribution is 2.12. The largest absolute Gasteiger partial charge is 0.350 e. The molecule has 4 nitrogen and oxygen atoms in total. The number of hydrazone groups is 1. The quantitative estimate of drug-likeness (QED) is 0.651. The molecule has 2 amide bonds. The number of benzene rings is 1. The van der Waals surface area contributed by atoms with Gasteiger partial charge in [0, 0.05) is 4.47 Å². The lowest BCUT2D eigenvalue weighted by Crippen LogP contribution is -2.26. The number of carbonyl (C=O) groups is 1. The molecule has 0 aliphatic carbocycles. The van der Waals surface area contributed by atoms with Crippen molar-refractivity contribution in [3.63, 3.8) is 0 Å². The number of carbonyl (C=O) groups excluding carboxylic acids is 1. The van der Waals surface area contributed by atoms with Gasteiger partial charge in [-0.25, -0.2) is 10.2 Å². The van der Waals surface area contributed by atoms with Gasteiger partial charge >= 0.3 is 6.03 Å².